The molecule has 1 amide bonds. The molecule has 0 saturated carbocycles. The van der Waals surface area contributed by atoms with E-state index in [1.165, 1.54) is 18.2 Å². The summed E-state index contributed by atoms with van der Waals surface area (Å²) < 4.78 is 28.2. The van der Waals surface area contributed by atoms with Crippen LogP contribution in [0.25, 0.3) is 0 Å². The second-order valence-corrected chi connectivity index (χ2v) is 8.30. The fraction of sp³-hybridized carbons (Fsp3) is 0.500. The van der Waals surface area contributed by atoms with Crippen LogP contribution in [0.3, 0.4) is 0 Å². The molecular weight excluding hydrogens is 314 g/mol. The molecule has 0 aliphatic carbocycles. The molecule has 1 saturated heterocycles. The van der Waals surface area contributed by atoms with E-state index in [-0.39, 0.29) is 28.0 Å². The van der Waals surface area contributed by atoms with Crippen LogP contribution in [0.1, 0.15) is 37.0 Å². The van der Waals surface area contributed by atoms with Gasteiger partial charge in [0.1, 0.15) is 0 Å². The van der Waals surface area contributed by atoms with Gasteiger partial charge in [0.2, 0.25) is 0 Å². The summed E-state index contributed by atoms with van der Waals surface area (Å²) in [7, 11) is 1.45. The molecule has 1 heterocycles. The molecule has 1 aliphatic rings. The monoisotopic (exact) mass is 331 g/mol. The van der Waals surface area contributed by atoms with Crippen LogP contribution in [0.4, 0.5) is 0 Å². The molecule has 0 aromatic heterocycles. The predicted molar refractivity (Wildman–Crippen MR) is 80.0 cm³/mol. The Labute approximate surface area is 129 Å². The van der Waals surface area contributed by atoms with E-state index in [4.69, 9.17) is 15.4 Å². The smallest absolute Gasteiger partial charge is 0.261 e. The lowest BCUT2D eigenvalue weighted by Crippen LogP contribution is -2.45. The summed E-state index contributed by atoms with van der Waals surface area (Å²) in [5, 5.41) is 2.91. The number of nitrogens with one attached hydrogen (secondary N) is 1. The van der Waals surface area contributed by atoms with Crippen molar-refractivity contribution in [3.63, 3.8) is 0 Å². The first-order valence-corrected chi connectivity index (χ1v) is 8.98. The first-order chi connectivity index (χ1) is 9.67. The van der Waals surface area contributed by atoms with Gasteiger partial charge in [-0.05, 0) is 44.9 Å². The van der Waals surface area contributed by atoms with Gasteiger partial charge in [-0.25, -0.2) is 8.42 Å². The maximum Gasteiger partial charge on any atom is 0.261 e. The number of rotatable bonds is 3. The molecule has 1 N–H and O–H groups in total. The molecule has 1 unspecified atom stereocenters. The zero-order valence-corrected chi connectivity index (χ0v) is 13.5. The number of hydrogen-bond donors (Lipinski definition) is 1. The minimum Gasteiger partial charge on any atom is -0.375 e. The average molecular weight is 332 g/mol. The van der Waals surface area contributed by atoms with Crippen molar-refractivity contribution in [3.05, 3.63) is 29.8 Å². The highest BCUT2D eigenvalue weighted by molar-refractivity contribution is 8.13. The quantitative estimate of drug-likeness (QED) is 0.863. The van der Waals surface area contributed by atoms with Crippen molar-refractivity contribution in [2.75, 3.05) is 6.61 Å². The first kappa shape index (κ1) is 16.3. The Balaban J connectivity index is 2.10. The van der Waals surface area contributed by atoms with Crippen molar-refractivity contribution < 1.29 is 17.9 Å². The molecule has 0 bridgehead atoms. The van der Waals surface area contributed by atoms with Crippen molar-refractivity contribution in [1.29, 1.82) is 0 Å². The lowest BCUT2D eigenvalue weighted by molar-refractivity contribution is -0.0615. The lowest BCUT2D eigenvalue weighted by atomic mass is 9.94. The van der Waals surface area contributed by atoms with Crippen LogP contribution in [-0.4, -0.2) is 32.6 Å². The van der Waals surface area contributed by atoms with Gasteiger partial charge >= 0.3 is 0 Å². The summed E-state index contributed by atoms with van der Waals surface area (Å²) in [5.74, 6) is -0.306. The Morgan fingerprint density at radius 2 is 2.14 bits per heavy atom. The number of halogens is 1. The summed E-state index contributed by atoms with van der Waals surface area (Å²) in [5.41, 5.74) is 0.0124. The Morgan fingerprint density at radius 3 is 2.76 bits per heavy atom. The van der Waals surface area contributed by atoms with E-state index in [2.05, 4.69) is 5.32 Å². The van der Waals surface area contributed by atoms with Gasteiger partial charge in [0.15, 0.2) is 0 Å². The molecule has 0 radical (unpaired) electrons. The fourth-order valence-electron chi connectivity index (χ4n) is 2.41. The summed E-state index contributed by atoms with van der Waals surface area (Å²) in [6.07, 6.45) is 1.45. The van der Waals surface area contributed by atoms with E-state index in [0.29, 0.717) is 13.0 Å². The van der Waals surface area contributed by atoms with Gasteiger partial charge in [-0.2, -0.15) is 0 Å². The van der Waals surface area contributed by atoms with Crippen LogP contribution in [0.15, 0.2) is 29.2 Å². The third kappa shape index (κ3) is 4.43. The zero-order valence-electron chi connectivity index (χ0n) is 11.9. The molecule has 1 aromatic rings. The lowest BCUT2D eigenvalue weighted by Gasteiger charge is -2.35. The fourth-order valence-corrected chi connectivity index (χ4v) is 3.21. The molecular formula is C14H18ClNO4S. The Hall–Kier alpha value is -1.11. The molecule has 1 aromatic carbocycles. The van der Waals surface area contributed by atoms with Crippen molar-refractivity contribution >= 4 is 25.6 Å². The number of carbonyl (C=O) groups is 1. The van der Waals surface area contributed by atoms with Crippen LogP contribution >= 0.6 is 10.7 Å². The highest BCUT2D eigenvalue weighted by Crippen LogP contribution is 2.24. The van der Waals surface area contributed by atoms with Gasteiger partial charge in [0.05, 0.1) is 10.5 Å². The van der Waals surface area contributed by atoms with Crippen molar-refractivity contribution in [1.82, 2.24) is 5.32 Å². The molecule has 7 heteroatoms. The molecule has 5 nitrogen and oxygen atoms in total. The van der Waals surface area contributed by atoms with E-state index in [1.54, 1.807) is 6.07 Å². The number of carbonyl (C=O) groups excluding carboxylic acids is 1. The third-order valence-electron chi connectivity index (χ3n) is 3.41. The minimum absolute atomic E-state index is 0.0116. The average Bonchev–Trinajstić information content (AvgIpc) is 2.36. The van der Waals surface area contributed by atoms with Crippen LogP contribution in [0.2, 0.25) is 0 Å². The van der Waals surface area contributed by atoms with Crippen LogP contribution in [0.5, 0.6) is 0 Å². The van der Waals surface area contributed by atoms with Gasteiger partial charge in [0, 0.05) is 28.9 Å². The molecule has 2 rings (SSSR count). The number of amides is 1. The van der Waals surface area contributed by atoms with E-state index >= 15 is 0 Å². The van der Waals surface area contributed by atoms with E-state index in [9.17, 15) is 13.2 Å². The highest BCUT2D eigenvalue weighted by atomic mass is 35.7. The summed E-state index contributed by atoms with van der Waals surface area (Å²) in [6.45, 7) is 4.55. The van der Waals surface area contributed by atoms with Crippen molar-refractivity contribution in [2.24, 2.45) is 0 Å². The summed E-state index contributed by atoms with van der Waals surface area (Å²) >= 11 is 0. The normalized spacial score (nSPS) is 21.8. The van der Waals surface area contributed by atoms with Gasteiger partial charge in [0.25, 0.3) is 15.0 Å². The van der Waals surface area contributed by atoms with Crippen molar-refractivity contribution in [2.45, 2.75) is 43.2 Å². The predicted octanol–water partition coefficient (Wildman–Crippen LogP) is 2.30. The first-order valence-electron chi connectivity index (χ1n) is 6.67. The second kappa shape index (κ2) is 5.94. The molecule has 1 aliphatic heterocycles. The standard InChI is InChI=1S/C14H18ClNO4S/c1-14(2)9-11(6-7-20-14)16-13(17)10-4-3-5-12(8-10)21(15,18)19/h3-5,8,11H,6-7,9H2,1-2H3,(H,16,17). The third-order valence-corrected chi connectivity index (χ3v) is 4.76. The molecule has 1 atom stereocenters. The SMILES string of the molecule is CC1(C)CC(NC(=O)c2cccc(S(=O)(=O)Cl)c2)CCO1. The van der Waals surface area contributed by atoms with Crippen LogP contribution in [0, 0.1) is 0 Å². The maximum absolute atomic E-state index is 12.2. The molecule has 116 valence electrons. The zero-order chi connectivity index (χ0) is 15.7. The van der Waals surface area contributed by atoms with E-state index in [0.717, 1.165) is 6.42 Å². The number of ether oxygens (including phenoxy) is 1. The Kier molecular flexibility index (Phi) is 4.60. The van der Waals surface area contributed by atoms with E-state index in [1.807, 2.05) is 13.8 Å². The highest BCUT2D eigenvalue weighted by Gasteiger charge is 2.29. The number of benzene rings is 1. The Morgan fingerprint density at radius 1 is 1.43 bits per heavy atom. The van der Waals surface area contributed by atoms with Crippen LogP contribution in [-0.2, 0) is 13.8 Å². The minimum atomic E-state index is -3.84. The maximum atomic E-state index is 12.2. The molecule has 1 fully saturated rings. The van der Waals surface area contributed by atoms with Crippen LogP contribution < -0.4 is 5.32 Å². The second-order valence-electron chi connectivity index (χ2n) is 5.74. The number of hydrogen-bond acceptors (Lipinski definition) is 4. The van der Waals surface area contributed by atoms with Gasteiger partial charge < -0.3 is 10.1 Å². The van der Waals surface area contributed by atoms with Gasteiger partial charge in [-0.1, -0.05) is 6.07 Å². The van der Waals surface area contributed by atoms with Crippen molar-refractivity contribution in [3.8, 4) is 0 Å². The Bertz CT molecular complexity index is 642. The summed E-state index contributed by atoms with van der Waals surface area (Å²) in [6, 6.07) is 5.71. The van der Waals surface area contributed by atoms with E-state index < -0.39 is 9.05 Å². The van der Waals surface area contributed by atoms with Gasteiger partial charge in [-0.3, -0.25) is 4.79 Å². The molecule has 21 heavy (non-hydrogen) atoms. The summed E-state index contributed by atoms with van der Waals surface area (Å²) in [4.78, 5) is 12.1. The van der Waals surface area contributed by atoms with Gasteiger partial charge in [-0.15, -0.1) is 0 Å². The largest absolute Gasteiger partial charge is 0.375 e. The topological polar surface area (TPSA) is 72.5 Å². The molecule has 0 spiro atoms.